The minimum atomic E-state index is -0.452. The molecule has 0 spiro atoms. The molecule has 7 nitrogen and oxygen atoms in total. The number of carbonyl (C=O) groups is 1. The summed E-state index contributed by atoms with van der Waals surface area (Å²) in [5, 5.41) is 11.1. The summed E-state index contributed by atoms with van der Waals surface area (Å²) in [5.74, 6) is 1.09. The molecule has 0 radical (unpaired) electrons. The van der Waals surface area contributed by atoms with E-state index in [2.05, 4.69) is 51.9 Å². The van der Waals surface area contributed by atoms with Crippen LogP contribution in [0.15, 0.2) is 90.4 Å². The second kappa shape index (κ2) is 9.64. The number of fused-ring (bicyclic) bond motifs is 1. The number of nitrogens with one attached hydrogen (secondary N) is 2. The molecule has 1 amide bonds. The molecule has 0 saturated carbocycles. The molecule has 176 valence electrons. The topological polar surface area (TPSA) is 81.1 Å². The summed E-state index contributed by atoms with van der Waals surface area (Å²) in [6.45, 7) is 4.40. The maximum Gasteiger partial charge on any atom is 0.255 e. The third kappa shape index (κ3) is 4.90. The summed E-state index contributed by atoms with van der Waals surface area (Å²) in [4.78, 5) is 17.7. The highest BCUT2D eigenvalue weighted by molar-refractivity contribution is 6.30. The molecule has 0 bridgehead atoms. The van der Waals surface area contributed by atoms with E-state index in [0.717, 1.165) is 16.9 Å². The highest BCUT2D eigenvalue weighted by atomic mass is 35.5. The van der Waals surface area contributed by atoms with E-state index in [4.69, 9.17) is 16.3 Å². The lowest BCUT2D eigenvalue weighted by molar-refractivity contribution is -0.113. The van der Waals surface area contributed by atoms with Crippen LogP contribution in [0.3, 0.4) is 0 Å². The summed E-state index contributed by atoms with van der Waals surface area (Å²) < 4.78 is 7.68. The lowest BCUT2D eigenvalue weighted by Crippen LogP contribution is -2.31. The van der Waals surface area contributed by atoms with Crippen molar-refractivity contribution in [1.29, 1.82) is 0 Å². The lowest BCUT2D eigenvalue weighted by Gasteiger charge is -2.28. The van der Waals surface area contributed by atoms with Crippen LogP contribution in [-0.2, 0) is 11.4 Å². The van der Waals surface area contributed by atoms with Crippen molar-refractivity contribution in [2.45, 2.75) is 26.5 Å². The Labute approximate surface area is 208 Å². The fourth-order valence-corrected chi connectivity index (χ4v) is 4.15. The molecule has 8 heteroatoms. The van der Waals surface area contributed by atoms with Gasteiger partial charge in [0.1, 0.15) is 24.7 Å². The number of halogens is 1. The average molecular weight is 486 g/mol. The van der Waals surface area contributed by atoms with E-state index in [0.29, 0.717) is 34.5 Å². The zero-order chi connectivity index (χ0) is 24.4. The van der Waals surface area contributed by atoms with E-state index >= 15 is 0 Å². The van der Waals surface area contributed by atoms with Crippen LogP contribution in [0.4, 0.5) is 11.6 Å². The second-order valence-electron chi connectivity index (χ2n) is 8.40. The summed E-state index contributed by atoms with van der Waals surface area (Å²) in [7, 11) is 0. The van der Waals surface area contributed by atoms with Gasteiger partial charge in [0.15, 0.2) is 0 Å². The monoisotopic (exact) mass is 485 g/mol. The van der Waals surface area contributed by atoms with Crippen molar-refractivity contribution in [2.24, 2.45) is 0 Å². The third-order valence-electron chi connectivity index (χ3n) is 5.86. The number of rotatable bonds is 6. The summed E-state index contributed by atoms with van der Waals surface area (Å²) >= 11 is 5.98. The van der Waals surface area contributed by atoms with Gasteiger partial charge in [-0.3, -0.25) is 4.79 Å². The zero-order valence-corrected chi connectivity index (χ0v) is 20.1. The van der Waals surface area contributed by atoms with Gasteiger partial charge < -0.3 is 15.4 Å². The molecule has 0 aliphatic carbocycles. The van der Waals surface area contributed by atoms with Crippen LogP contribution in [-0.4, -0.2) is 20.7 Å². The van der Waals surface area contributed by atoms with Gasteiger partial charge in [0, 0.05) is 16.4 Å². The average Bonchev–Trinajstić information content (AvgIpc) is 3.32. The molecule has 1 aliphatic heterocycles. The summed E-state index contributed by atoms with van der Waals surface area (Å²) in [5.41, 5.74) is 5.12. The Morgan fingerprint density at radius 2 is 1.74 bits per heavy atom. The molecule has 2 heterocycles. The lowest BCUT2D eigenvalue weighted by atomic mass is 9.95. The molecule has 0 fully saturated rings. The Hall–Kier alpha value is -4.10. The predicted octanol–water partition coefficient (Wildman–Crippen LogP) is 5.75. The number of nitrogens with zero attached hydrogens (tertiary/aromatic N) is 3. The van der Waals surface area contributed by atoms with Crippen LogP contribution in [0.25, 0.3) is 0 Å². The molecule has 1 atom stereocenters. The van der Waals surface area contributed by atoms with E-state index in [-0.39, 0.29) is 5.91 Å². The third-order valence-corrected chi connectivity index (χ3v) is 6.12. The largest absolute Gasteiger partial charge is 0.489 e. The van der Waals surface area contributed by atoms with E-state index in [1.165, 1.54) is 11.9 Å². The maximum atomic E-state index is 13.4. The van der Waals surface area contributed by atoms with Crippen molar-refractivity contribution in [3.8, 4) is 5.75 Å². The van der Waals surface area contributed by atoms with E-state index in [1.54, 1.807) is 28.9 Å². The number of ether oxygens (including phenoxy) is 1. The number of hydrogen-bond donors (Lipinski definition) is 2. The maximum absolute atomic E-state index is 13.4. The van der Waals surface area contributed by atoms with Crippen molar-refractivity contribution in [1.82, 2.24) is 14.8 Å². The number of aryl methyl sites for hydroxylation is 1. The molecule has 0 unspecified atom stereocenters. The van der Waals surface area contributed by atoms with Gasteiger partial charge in [-0.25, -0.2) is 4.68 Å². The van der Waals surface area contributed by atoms with Gasteiger partial charge in [-0.1, -0.05) is 53.6 Å². The number of amides is 1. The standard InChI is InChI=1S/C27H24ClN5O2/c1-17-3-5-19(6-4-17)15-35-23-13-7-20(8-14-23)25-24(18(2)31-27-29-16-30-33(25)27)26(34)32-22-11-9-21(28)10-12-22/h3-14,16,25H,15H2,1-2H3,(H,32,34)(H,29,30,31)/t25-/m1/s1. The first-order chi connectivity index (χ1) is 17.0. The first-order valence-electron chi connectivity index (χ1n) is 11.2. The SMILES string of the molecule is CC1=C(C(=O)Nc2ccc(Cl)cc2)[C@@H](c2ccc(OCc3ccc(C)cc3)cc2)n2ncnc2N1. The Bertz CT molecular complexity index is 1380. The number of aromatic nitrogens is 3. The summed E-state index contributed by atoms with van der Waals surface area (Å²) in [6.07, 6.45) is 1.47. The van der Waals surface area contributed by atoms with Crippen LogP contribution in [0, 0.1) is 6.92 Å². The van der Waals surface area contributed by atoms with Gasteiger partial charge in [-0.15, -0.1) is 0 Å². The number of allylic oxidation sites excluding steroid dienone is 1. The van der Waals surface area contributed by atoms with E-state index < -0.39 is 6.04 Å². The van der Waals surface area contributed by atoms with Crippen LogP contribution >= 0.6 is 11.6 Å². The molecule has 3 aromatic carbocycles. The van der Waals surface area contributed by atoms with Crippen molar-refractivity contribution in [2.75, 3.05) is 10.6 Å². The summed E-state index contributed by atoms with van der Waals surface area (Å²) in [6, 6.07) is 22.5. The second-order valence-corrected chi connectivity index (χ2v) is 8.84. The van der Waals surface area contributed by atoms with Crippen LogP contribution < -0.4 is 15.4 Å². The smallest absolute Gasteiger partial charge is 0.255 e. The van der Waals surface area contributed by atoms with Crippen LogP contribution in [0.5, 0.6) is 5.75 Å². The number of anilines is 2. The Balaban J connectivity index is 1.40. The predicted molar refractivity (Wildman–Crippen MR) is 137 cm³/mol. The van der Waals surface area contributed by atoms with Crippen molar-refractivity contribution in [3.05, 3.63) is 112 Å². The fourth-order valence-electron chi connectivity index (χ4n) is 4.02. The van der Waals surface area contributed by atoms with Gasteiger partial charge >= 0.3 is 0 Å². The molecule has 2 N–H and O–H groups in total. The molecule has 0 saturated heterocycles. The fraction of sp³-hybridized carbons (Fsp3) is 0.148. The Kier molecular flexibility index (Phi) is 6.25. The molecule has 5 rings (SSSR count). The van der Waals surface area contributed by atoms with Crippen molar-refractivity contribution < 1.29 is 9.53 Å². The van der Waals surface area contributed by atoms with E-state index in [1.807, 2.05) is 31.2 Å². The number of benzene rings is 3. The van der Waals surface area contributed by atoms with Gasteiger partial charge in [0.25, 0.3) is 5.91 Å². The first kappa shape index (κ1) is 22.7. The minimum Gasteiger partial charge on any atom is -0.489 e. The number of hydrogen-bond acceptors (Lipinski definition) is 5. The highest BCUT2D eigenvalue weighted by Gasteiger charge is 2.33. The van der Waals surface area contributed by atoms with Crippen LogP contribution in [0.2, 0.25) is 5.02 Å². The molecule has 4 aromatic rings. The Morgan fingerprint density at radius 1 is 1.03 bits per heavy atom. The Morgan fingerprint density at radius 3 is 2.46 bits per heavy atom. The molecule has 1 aromatic heterocycles. The minimum absolute atomic E-state index is 0.233. The first-order valence-corrected chi connectivity index (χ1v) is 11.6. The van der Waals surface area contributed by atoms with Gasteiger partial charge in [-0.2, -0.15) is 10.1 Å². The van der Waals surface area contributed by atoms with E-state index in [9.17, 15) is 4.79 Å². The molecular weight excluding hydrogens is 462 g/mol. The zero-order valence-electron chi connectivity index (χ0n) is 19.3. The molecule has 35 heavy (non-hydrogen) atoms. The number of carbonyl (C=O) groups excluding carboxylic acids is 1. The van der Waals surface area contributed by atoms with Gasteiger partial charge in [0.2, 0.25) is 5.95 Å². The molecule has 1 aliphatic rings. The van der Waals surface area contributed by atoms with Gasteiger partial charge in [-0.05, 0) is 61.4 Å². The van der Waals surface area contributed by atoms with Gasteiger partial charge in [0.05, 0.1) is 5.57 Å². The molecular formula is C27H24ClN5O2. The van der Waals surface area contributed by atoms with Crippen LogP contribution in [0.1, 0.15) is 29.7 Å². The highest BCUT2D eigenvalue weighted by Crippen LogP contribution is 2.36. The van der Waals surface area contributed by atoms with Crippen molar-refractivity contribution in [3.63, 3.8) is 0 Å². The quantitative estimate of drug-likeness (QED) is 0.363. The van der Waals surface area contributed by atoms with Crippen molar-refractivity contribution >= 4 is 29.1 Å². The normalized spacial score (nSPS) is 14.8.